The molecule has 0 bridgehead atoms. The first-order valence-electron chi connectivity index (χ1n) is 6.88. The number of urea groups is 1. The molecule has 1 aliphatic rings. The molecule has 1 rings (SSSR count). The fourth-order valence-corrected chi connectivity index (χ4v) is 2.10. The van der Waals surface area contributed by atoms with Gasteiger partial charge in [0.25, 0.3) is 0 Å². The maximum atomic E-state index is 12.1. The summed E-state index contributed by atoms with van der Waals surface area (Å²) in [7, 11) is 0. The normalized spacial score (nSPS) is 20.9. The van der Waals surface area contributed by atoms with E-state index < -0.39 is 5.97 Å². The van der Waals surface area contributed by atoms with Crippen molar-refractivity contribution in [2.75, 3.05) is 26.3 Å². The fraction of sp³-hybridized carbons (Fsp3) is 0.846. The number of carbonyl (C=O) groups excluding carboxylic acids is 1. The van der Waals surface area contributed by atoms with E-state index in [0.717, 1.165) is 6.42 Å². The number of ether oxygens (including phenoxy) is 1. The Morgan fingerprint density at radius 2 is 2.26 bits per heavy atom. The van der Waals surface area contributed by atoms with E-state index in [1.165, 1.54) is 0 Å². The molecule has 2 unspecified atom stereocenters. The zero-order valence-corrected chi connectivity index (χ0v) is 11.7. The summed E-state index contributed by atoms with van der Waals surface area (Å²) in [6.45, 7) is 6.29. The highest BCUT2D eigenvalue weighted by Gasteiger charge is 2.25. The van der Waals surface area contributed by atoms with Crippen molar-refractivity contribution in [2.45, 2.75) is 39.2 Å². The number of nitrogens with one attached hydrogen (secondary N) is 1. The number of hydrogen-bond acceptors (Lipinski definition) is 3. The minimum absolute atomic E-state index is 0.0719. The minimum Gasteiger partial charge on any atom is -0.481 e. The minimum atomic E-state index is -0.794. The zero-order chi connectivity index (χ0) is 14.3. The highest BCUT2D eigenvalue weighted by atomic mass is 16.5. The van der Waals surface area contributed by atoms with Gasteiger partial charge < -0.3 is 20.1 Å². The predicted octanol–water partition coefficient (Wildman–Crippen LogP) is 1.31. The van der Waals surface area contributed by atoms with E-state index in [2.05, 4.69) is 5.32 Å². The van der Waals surface area contributed by atoms with Crippen LogP contribution < -0.4 is 5.32 Å². The smallest absolute Gasteiger partial charge is 0.317 e. The van der Waals surface area contributed by atoms with Crippen molar-refractivity contribution in [1.82, 2.24) is 10.2 Å². The van der Waals surface area contributed by atoms with Crippen molar-refractivity contribution in [1.29, 1.82) is 0 Å². The largest absolute Gasteiger partial charge is 0.481 e. The average molecular weight is 272 g/mol. The maximum Gasteiger partial charge on any atom is 0.317 e. The van der Waals surface area contributed by atoms with Crippen molar-refractivity contribution < 1.29 is 19.4 Å². The second kappa shape index (κ2) is 7.99. The lowest BCUT2D eigenvalue weighted by molar-refractivity contribution is -0.137. The first-order valence-corrected chi connectivity index (χ1v) is 6.88. The average Bonchev–Trinajstić information content (AvgIpc) is 2.42. The van der Waals surface area contributed by atoms with Crippen molar-refractivity contribution in [3.63, 3.8) is 0 Å². The molecule has 0 aromatic rings. The summed E-state index contributed by atoms with van der Waals surface area (Å²) >= 11 is 0. The van der Waals surface area contributed by atoms with E-state index in [4.69, 9.17) is 9.84 Å². The van der Waals surface area contributed by atoms with Crippen molar-refractivity contribution >= 4 is 12.0 Å². The molecule has 6 heteroatoms. The summed E-state index contributed by atoms with van der Waals surface area (Å²) in [5, 5.41) is 11.5. The number of nitrogens with zero attached hydrogens (tertiary/aromatic N) is 1. The molecule has 0 radical (unpaired) electrons. The Morgan fingerprint density at radius 3 is 2.89 bits per heavy atom. The zero-order valence-electron chi connectivity index (χ0n) is 11.7. The highest BCUT2D eigenvalue weighted by Crippen LogP contribution is 2.11. The molecule has 110 valence electrons. The number of morpholine rings is 1. The first kappa shape index (κ1) is 15.8. The Bertz CT molecular complexity index is 309. The molecule has 2 N–H and O–H groups in total. The molecular formula is C13H24N2O4. The second-order valence-corrected chi connectivity index (χ2v) is 5.05. The molecule has 2 amide bonds. The number of aliphatic carboxylic acids is 1. The van der Waals surface area contributed by atoms with Gasteiger partial charge in [-0.2, -0.15) is 0 Å². The standard InChI is InChI=1S/C13H24N2O4/c1-3-11-9-19-7-6-15(11)13(18)14-8-10(2)4-5-12(16)17/h10-11H,3-9H2,1-2H3,(H,14,18)(H,16,17). The van der Waals surface area contributed by atoms with Crippen LogP contribution in [0, 0.1) is 5.92 Å². The molecule has 0 aromatic heterocycles. The van der Waals surface area contributed by atoms with Gasteiger partial charge in [0.05, 0.1) is 19.3 Å². The van der Waals surface area contributed by atoms with E-state index in [1.807, 2.05) is 18.7 Å². The van der Waals surface area contributed by atoms with Crippen molar-refractivity contribution in [3.8, 4) is 0 Å². The van der Waals surface area contributed by atoms with Crippen LogP contribution in [0.15, 0.2) is 0 Å². The third-order valence-corrected chi connectivity index (χ3v) is 3.41. The van der Waals surface area contributed by atoms with Gasteiger partial charge in [0.2, 0.25) is 0 Å². The van der Waals surface area contributed by atoms with Crippen LogP contribution in [-0.2, 0) is 9.53 Å². The van der Waals surface area contributed by atoms with E-state index in [9.17, 15) is 9.59 Å². The molecule has 0 saturated carbocycles. The summed E-state index contributed by atoms with van der Waals surface area (Å²) in [5.41, 5.74) is 0. The number of carboxylic acid groups (broad SMARTS) is 1. The van der Waals surface area contributed by atoms with Crippen LogP contribution in [0.25, 0.3) is 0 Å². The molecule has 0 aromatic carbocycles. The number of carbonyl (C=O) groups is 2. The SMILES string of the molecule is CCC1COCCN1C(=O)NCC(C)CCC(=O)O. The summed E-state index contributed by atoms with van der Waals surface area (Å²) in [6.07, 6.45) is 1.60. The lowest BCUT2D eigenvalue weighted by Gasteiger charge is -2.35. The van der Waals surface area contributed by atoms with Gasteiger partial charge in [0.1, 0.15) is 0 Å². The van der Waals surface area contributed by atoms with Gasteiger partial charge in [-0.25, -0.2) is 4.79 Å². The molecule has 0 aliphatic carbocycles. The van der Waals surface area contributed by atoms with E-state index in [0.29, 0.717) is 32.7 Å². The third kappa shape index (κ3) is 5.46. The fourth-order valence-electron chi connectivity index (χ4n) is 2.10. The first-order chi connectivity index (χ1) is 9.04. The molecule has 1 fully saturated rings. The molecular weight excluding hydrogens is 248 g/mol. The van der Waals surface area contributed by atoms with Crippen LogP contribution in [-0.4, -0.2) is 54.4 Å². The van der Waals surface area contributed by atoms with Gasteiger partial charge in [-0.05, 0) is 18.8 Å². The van der Waals surface area contributed by atoms with E-state index in [-0.39, 0.29) is 24.4 Å². The third-order valence-electron chi connectivity index (χ3n) is 3.41. The molecule has 2 atom stereocenters. The topological polar surface area (TPSA) is 78.9 Å². The Labute approximate surface area is 114 Å². The summed E-state index contributed by atoms with van der Waals surface area (Å²) < 4.78 is 5.36. The summed E-state index contributed by atoms with van der Waals surface area (Å²) in [4.78, 5) is 24.3. The molecule has 6 nitrogen and oxygen atoms in total. The van der Waals surface area contributed by atoms with Gasteiger partial charge in [0, 0.05) is 19.5 Å². The van der Waals surface area contributed by atoms with Gasteiger partial charge in [0.15, 0.2) is 0 Å². The Balaban J connectivity index is 2.31. The molecule has 1 saturated heterocycles. The Morgan fingerprint density at radius 1 is 1.53 bits per heavy atom. The van der Waals surface area contributed by atoms with Gasteiger partial charge in [-0.1, -0.05) is 13.8 Å². The van der Waals surface area contributed by atoms with Gasteiger partial charge in [-0.3, -0.25) is 4.79 Å². The van der Waals surface area contributed by atoms with Crippen LogP contribution in [0.3, 0.4) is 0 Å². The van der Waals surface area contributed by atoms with Crippen LogP contribution in [0.2, 0.25) is 0 Å². The van der Waals surface area contributed by atoms with Crippen molar-refractivity contribution in [3.05, 3.63) is 0 Å². The van der Waals surface area contributed by atoms with Crippen LogP contribution >= 0.6 is 0 Å². The molecule has 19 heavy (non-hydrogen) atoms. The highest BCUT2D eigenvalue weighted by molar-refractivity contribution is 5.74. The Hall–Kier alpha value is -1.30. The van der Waals surface area contributed by atoms with E-state index >= 15 is 0 Å². The number of rotatable bonds is 6. The van der Waals surface area contributed by atoms with Crippen LogP contribution in [0.5, 0.6) is 0 Å². The van der Waals surface area contributed by atoms with Crippen molar-refractivity contribution in [2.24, 2.45) is 5.92 Å². The maximum absolute atomic E-state index is 12.1. The molecule has 1 heterocycles. The predicted molar refractivity (Wildman–Crippen MR) is 71.0 cm³/mol. The summed E-state index contributed by atoms with van der Waals surface area (Å²) in [6, 6.07) is 0.0698. The van der Waals surface area contributed by atoms with Crippen LogP contribution in [0.4, 0.5) is 4.79 Å². The lowest BCUT2D eigenvalue weighted by atomic mass is 10.1. The monoisotopic (exact) mass is 272 g/mol. The summed E-state index contributed by atoms with van der Waals surface area (Å²) in [5.74, 6) is -0.626. The van der Waals surface area contributed by atoms with E-state index in [1.54, 1.807) is 0 Å². The second-order valence-electron chi connectivity index (χ2n) is 5.05. The molecule has 1 aliphatic heterocycles. The number of amides is 2. The van der Waals surface area contributed by atoms with Gasteiger partial charge >= 0.3 is 12.0 Å². The Kier molecular flexibility index (Phi) is 6.62. The number of hydrogen-bond donors (Lipinski definition) is 2. The molecule has 0 spiro atoms. The number of carboxylic acids is 1. The van der Waals surface area contributed by atoms with Crippen LogP contribution in [0.1, 0.15) is 33.1 Å². The van der Waals surface area contributed by atoms with Gasteiger partial charge in [-0.15, -0.1) is 0 Å². The quantitative estimate of drug-likeness (QED) is 0.764. The lowest BCUT2D eigenvalue weighted by Crippen LogP contribution is -2.52.